The number of nitrogens with zero attached hydrogens (tertiary/aromatic N) is 2. The van der Waals surface area contributed by atoms with Crippen molar-refractivity contribution < 1.29 is 14.3 Å². The minimum absolute atomic E-state index is 0.000944. The summed E-state index contributed by atoms with van der Waals surface area (Å²) in [7, 11) is 0. The maximum absolute atomic E-state index is 12.9. The Morgan fingerprint density at radius 2 is 1.87 bits per heavy atom. The molecule has 0 fully saturated rings. The van der Waals surface area contributed by atoms with E-state index < -0.39 is 11.8 Å². The Balaban J connectivity index is 1.96. The summed E-state index contributed by atoms with van der Waals surface area (Å²) in [4.78, 5) is 25.8. The van der Waals surface area contributed by atoms with Crippen LogP contribution in [0.4, 0.5) is 0 Å². The molecule has 1 aromatic heterocycles. The van der Waals surface area contributed by atoms with Gasteiger partial charge >= 0.3 is 5.97 Å². The molecule has 30 heavy (non-hydrogen) atoms. The zero-order valence-electron chi connectivity index (χ0n) is 16.6. The number of carbonyl (C=O) groups excluding carboxylic acids is 2. The molecule has 3 aromatic rings. The van der Waals surface area contributed by atoms with Crippen molar-refractivity contribution in [1.82, 2.24) is 0 Å². The summed E-state index contributed by atoms with van der Waals surface area (Å²) in [6.45, 7) is 3.58. The number of nitriles is 2. The monoisotopic (exact) mass is 414 g/mol. The van der Waals surface area contributed by atoms with Crippen LogP contribution >= 0.6 is 11.3 Å². The summed E-state index contributed by atoms with van der Waals surface area (Å²) in [5.41, 5.74) is 1.56. The molecule has 0 radical (unpaired) electrons. The first-order valence-corrected chi connectivity index (χ1v) is 10.1. The average Bonchev–Trinajstić information content (AvgIpc) is 3.07. The molecule has 0 aliphatic rings. The highest BCUT2D eigenvalue weighted by Gasteiger charge is 2.23. The van der Waals surface area contributed by atoms with Gasteiger partial charge in [0.1, 0.15) is 17.0 Å². The minimum Gasteiger partial charge on any atom is -0.462 e. The third-order valence-electron chi connectivity index (χ3n) is 4.66. The van der Waals surface area contributed by atoms with E-state index in [0.717, 1.165) is 27.7 Å². The number of benzene rings is 2. The highest BCUT2D eigenvalue weighted by Crippen LogP contribution is 2.30. The molecular formula is C24H18N2O3S. The Kier molecular flexibility index (Phi) is 6.41. The lowest BCUT2D eigenvalue weighted by molar-refractivity contribution is -0.114. The fourth-order valence-corrected chi connectivity index (χ4v) is 4.33. The molecule has 1 heterocycles. The van der Waals surface area contributed by atoms with Gasteiger partial charge in [-0.05, 0) is 41.8 Å². The van der Waals surface area contributed by atoms with Crippen molar-refractivity contribution in [1.29, 1.82) is 10.5 Å². The number of fused-ring (bicyclic) bond motifs is 1. The number of hydrogen-bond donors (Lipinski definition) is 0. The number of allylic oxidation sites excluding steroid dienone is 1. The quantitative estimate of drug-likeness (QED) is 0.322. The Labute approximate surface area is 178 Å². The van der Waals surface area contributed by atoms with Crippen LogP contribution in [0.25, 0.3) is 16.8 Å². The molecular weight excluding hydrogens is 396 g/mol. The number of rotatable bonds is 6. The van der Waals surface area contributed by atoms with E-state index in [0.29, 0.717) is 20.9 Å². The second kappa shape index (κ2) is 9.17. The number of thiophene rings is 1. The van der Waals surface area contributed by atoms with Crippen LogP contribution in [0, 0.1) is 29.6 Å². The molecule has 2 aromatic carbocycles. The van der Waals surface area contributed by atoms with Crippen molar-refractivity contribution in [2.24, 2.45) is 0 Å². The Morgan fingerprint density at radius 3 is 2.57 bits per heavy atom. The average molecular weight is 414 g/mol. The van der Waals surface area contributed by atoms with Crippen molar-refractivity contribution in [2.75, 3.05) is 6.61 Å². The van der Waals surface area contributed by atoms with E-state index in [9.17, 15) is 20.1 Å². The second-order valence-corrected chi connectivity index (χ2v) is 7.63. The van der Waals surface area contributed by atoms with Crippen LogP contribution in [0.3, 0.4) is 0 Å². The third-order valence-corrected chi connectivity index (χ3v) is 5.93. The highest BCUT2D eigenvalue weighted by atomic mass is 32.1. The summed E-state index contributed by atoms with van der Waals surface area (Å²) in [6, 6.07) is 17.5. The molecule has 0 saturated carbocycles. The van der Waals surface area contributed by atoms with E-state index >= 15 is 0 Å². The Bertz CT molecular complexity index is 1250. The van der Waals surface area contributed by atoms with Crippen LogP contribution in [0.15, 0.2) is 48.0 Å². The third kappa shape index (κ3) is 4.15. The molecule has 0 N–H and O–H groups in total. The fraction of sp³-hybridized carbons (Fsp3) is 0.167. The smallest absolute Gasteiger partial charge is 0.348 e. The van der Waals surface area contributed by atoms with Crippen molar-refractivity contribution >= 4 is 39.9 Å². The fourth-order valence-electron chi connectivity index (χ4n) is 3.18. The topological polar surface area (TPSA) is 90.9 Å². The molecule has 6 heteroatoms. The maximum atomic E-state index is 12.9. The Morgan fingerprint density at radius 1 is 1.13 bits per heavy atom. The predicted molar refractivity (Wildman–Crippen MR) is 116 cm³/mol. The first-order valence-electron chi connectivity index (χ1n) is 9.32. The molecule has 0 spiro atoms. The van der Waals surface area contributed by atoms with Gasteiger partial charge in [-0.3, -0.25) is 4.79 Å². The van der Waals surface area contributed by atoms with E-state index in [2.05, 4.69) is 6.07 Å². The van der Waals surface area contributed by atoms with E-state index in [4.69, 9.17) is 4.74 Å². The maximum Gasteiger partial charge on any atom is 0.348 e. The SMILES string of the molecule is CCOC(=O)c1sc(CC(=O)/C(C#N)=C/c2cccc3ccccc23)c(C#N)c1C. The zero-order valence-corrected chi connectivity index (χ0v) is 17.4. The second-order valence-electron chi connectivity index (χ2n) is 6.52. The number of ketones is 1. The van der Waals surface area contributed by atoms with Gasteiger partial charge in [-0.15, -0.1) is 11.3 Å². The number of hydrogen-bond acceptors (Lipinski definition) is 6. The first kappa shape index (κ1) is 21.0. The first-order chi connectivity index (χ1) is 14.5. The molecule has 0 saturated heterocycles. The van der Waals surface area contributed by atoms with E-state index in [-0.39, 0.29) is 18.6 Å². The molecule has 0 bridgehead atoms. The molecule has 0 aliphatic carbocycles. The largest absolute Gasteiger partial charge is 0.462 e. The lowest BCUT2D eigenvalue weighted by Gasteiger charge is -2.03. The summed E-state index contributed by atoms with van der Waals surface area (Å²) in [5, 5.41) is 21.0. The van der Waals surface area contributed by atoms with Crippen LogP contribution in [-0.2, 0) is 16.0 Å². The zero-order chi connectivity index (χ0) is 21.7. The predicted octanol–water partition coefficient (Wildman–Crippen LogP) is 4.98. The summed E-state index contributed by atoms with van der Waals surface area (Å²) in [6.07, 6.45) is 1.45. The van der Waals surface area contributed by atoms with Crippen molar-refractivity contribution in [3.05, 3.63) is 74.5 Å². The van der Waals surface area contributed by atoms with Gasteiger partial charge in [0.05, 0.1) is 17.7 Å². The van der Waals surface area contributed by atoms with Crippen molar-refractivity contribution in [3.63, 3.8) is 0 Å². The normalized spacial score (nSPS) is 11.0. The van der Waals surface area contributed by atoms with Gasteiger partial charge in [0.25, 0.3) is 0 Å². The van der Waals surface area contributed by atoms with Crippen LogP contribution in [0.1, 0.15) is 38.2 Å². The molecule has 148 valence electrons. The van der Waals surface area contributed by atoms with Crippen LogP contribution in [-0.4, -0.2) is 18.4 Å². The lowest BCUT2D eigenvalue weighted by atomic mass is 9.99. The van der Waals surface area contributed by atoms with E-state index in [1.807, 2.05) is 48.5 Å². The lowest BCUT2D eigenvalue weighted by Crippen LogP contribution is -2.05. The summed E-state index contributed by atoms with van der Waals surface area (Å²) >= 11 is 1.07. The number of ether oxygens (including phenoxy) is 1. The molecule has 0 amide bonds. The molecule has 0 aliphatic heterocycles. The molecule has 0 atom stereocenters. The molecule has 3 rings (SSSR count). The number of Topliss-reactive ketones (excluding diaryl/α,β-unsaturated/α-hetero) is 1. The van der Waals surface area contributed by atoms with Crippen molar-refractivity contribution in [3.8, 4) is 12.1 Å². The van der Waals surface area contributed by atoms with Gasteiger partial charge < -0.3 is 4.74 Å². The van der Waals surface area contributed by atoms with Crippen LogP contribution in [0.5, 0.6) is 0 Å². The standard InChI is InChI=1S/C24H18N2O3S/c1-3-29-24(28)23-15(2)20(14-26)22(30-23)12-21(27)18(13-25)11-17-9-6-8-16-7-4-5-10-19(16)17/h4-11H,3,12H2,1-2H3/b18-11+. The summed E-state index contributed by atoms with van der Waals surface area (Å²) < 4.78 is 5.03. The van der Waals surface area contributed by atoms with Crippen molar-refractivity contribution in [2.45, 2.75) is 20.3 Å². The minimum atomic E-state index is -0.512. The molecule has 0 unspecified atom stereocenters. The van der Waals surface area contributed by atoms with Gasteiger partial charge in [0, 0.05) is 11.3 Å². The Hall–Kier alpha value is -3.74. The summed E-state index contributed by atoms with van der Waals surface area (Å²) in [5.74, 6) is -0.916. The van der Waals surface area contributed by atoms with Gasteiger partial charge in [0.2, 0.25) is 0 Å². The van der Waals surface area contributed by atoms with Gasteiger partial charge in [-0.2, -0.15) is 10.5 Å². The van der Waals surface area contributed by atoms with E-state index in [1.165, 1.54) is 0 Å². The van der Waals surface area contributed by atoms with Gasteiger partial charge in [-0.1, -0.05) is 42.5 Å². The molecule has 5 nitrogen and oxygen atoms in total. The van der Waals surface area contributed by atoms with Crippen LogP contribution in [0.2, 0.25) is 0 Å². The van der Waals surface area contributed by atoms with Gasteiger partial charge in [-0.25, -0.2) is 4.79 Å². The van der Waals surface area contributed by atoms with E-state index in [1.54, 1.807) is 19.9 Å². The van der Waals surface area contributed by atoms with Gasteiger partial charge in [0.15, 0.2) is 5.78 Å². The van der Waals surface area contributed by atoms with Crippen LogP contribution < -0.4 is 0 Å². The number of esters is 1. The number of carbonyl (C=O) groups is 2. The highest BCUT2D eigenvalue weighted by molar-refractivity contribution is 7.14.